The van der Waals surface area contributed by atoms with E-state index in [1.807, 2.05) is 12.3 Å². The molecule has 1 unspecified atom stereocenters. The summed E-state index contributed by atoms with van der Waals surface area (Å²) >= 11 is 1.12. The first-order valence-electron chi connectivity index (χ1n) is 4.95. The molecule has 0 saturated carbocycles. The third kappa shape index (κ3) is 3.32. The minimum atomic E-state index is -0.550. The number of nitrogens with one attached hydrogen (secondary N) is 2. The molecule has 1 aromatic rings. The second-order valence-electron chi connectivity index (χ2n) is 3.13. The molecule has 9 heteroatoms. The molecule has 1 atom stereocenters. The number of nitrogens with two attached hydrogens (primary N) is 1. The Kier molecular flexibility index (Phi) is 5.19. The molecule has 0 saturated heterocycles. The summed E-state index contributed by atoms with van der Waals surface area (Å²) in [6.45, 7) is 2.47. The second-order valence-corrected chi connectivity index (χ2v) is 4.30. The van der Waals surface area contributed by atoms with E-state index in [1.54, 1.807) is 0 Å². The Hall–Kier alpha value is -1.32. The quantitative estimate of drug-likeness (QED) is 0.253. The Labute approximate surface area is 102 Å². The first-order valence-corrected chi connectivity index (χ1v) is 5.83. The van der Waals surface area contributed by atoms with Gasteiger partial charge < -0.3 is 4.74 Å². The fourth-order valence-electron chi connectivity index (χ4n) is 1.21. The zero-order valence-electron chi connectivity index (χ0n) is 9.60. The van der Waals surface area contributed by atoms with Crippen LogP contribution in [0.1, 0.15) is 6.92 Å². The highest BCUT2D eigenvalue weighted by atomic mass is 32.2. The maximum absolute atomic E-state index is 11.5. The van der Waals surface area contributed by atoms with Gasteiger partial charge in [0.1, 0.15) is 5.25 Å². The van der Waals surface area contributed by atoms with Crippen molar-refractivity contribution in [2.24, 2.45) is 5.84 Å². The van der Waals surface area contributed by atoms with Gasteiger partial charge in [-0.2, -0.15) is 0 Å². The van der Waals surface area contributed by atoms with Gasteiger partial charge in [0, 0.05) is 13.7 Å². The number of methoxy groups -OCH3 is 1. The number of hydrazine groups is 1. The molecule has 17 heavy (non-hydrogen) atoms. The molecule has 1 heterocycles. The Balaban J connectivity index is 2.85. The van der Waals surface area contributed by atoms with Crippen LogP contribution in [0.3, 0.4) is 0 Å². The van der Waals surface area contributed by atoms with Crippen LogP contribution in [0.15, 0.2) is 9.95 Å². The maximum atomic E-state index is 11.5. The molecule has 1 aromatic heterocycles. The van der Waals surface area contributed by atoms with Crippen LogP contribution >= 0.6 is 11.8 Å². The van der Waals surface area contributed by atoms with Gasteiger partial charge in [0.25, 0.3) is 0 Å². The fourth-order valence-corrected chi connectivity index (χ4v) is 2.28. The second kappa shape index (κ2) is 6.42. The molecule has 1 amide bonds. The summed E-state index contributed by atoms with van der Waals surface area (Å²) in [5, 5.41) is 6.05. The molecule has 0 aliphatic rings. The van der Waals surface area contributed by atoms with Crippen molar-refractivity contribution in [1.82, 2.24) is 20.2 Å². The number of ether oxygens (including phenoxy) is 1. The van der Waals surface area contributed by atoms with Gasteiger partial charge >= 0.3 is 5.69 Å². The summed E-state index contributed by atoms with van der Waals surface area (Å²) in [5.41, 5.74) is 1.74. The zero-order valence-corrected chi connectivity index (χ0v) is 10.4. The SMILES string of the molecule is CCn1c(SC(COC)C(=O)NN)n[nH]c1=O. The summed E-state index contributed by atoms with van der Waals surface area (Å²) in [6.07, 6.45) is 0. The van der Waals surface area contributed by atoms with Crippen molar-refractivity contribution in [3.63, 3.8) is 0 Å². The molecule has 0 aliphatic carbocycles. The number of nitrogens with zero attached hydrogens (tertiary/aromatic N) is 2. The van der Waals surface area contributed by atoms with Crippen LogP contribution in [-0.2, 0) is 16.1 Å². The number of amides is 1. The van der Waals surface area contributed by atoms with Crippen molar-refractivity contribution in [2.45, 2.75) is 23.9 Å². The molecule has 0 bridgehead atoms. The van der Waals surface area contributed by atoms with Crippen molar-refractivity contribution >= 4 is 17.7 Å². The lowest BCUT2D eigenvalue weighted by Crippen LogP contribution is -2.39. The van der Waals surface area contributed by atoms with E-state index in [9.17, 15) is 9.59 Å². The van der Waals surface area contributed by atoms with Crippen LogP contribution in [-0.4, -0.2) is 39.6 Å². The van der Waals surface area contributed by atoms with E-state index < -0.39 is 5.25 Å². The third-order valence-corrected chi connectivity index (χ3v) is 3.20. The molecule has 1 rings (SSSR count). The number of carbonyl (C=O) groups excluding carboxylic acids is 1. The number of aromatic amines is 1. The maximum Gasteiger partial charge on any atom is 0.343 e. The monoisotopic (exact) mass is 261 g/mol. The van der Waals surface area contributed by atoms with Crippen molar-refractivity contribution in [3.8, 4) is 0 Å². The molecule has 0 fully saturated rings. The number of hydrogen-bond donors (Lipinski definition) is 3. The van der Waals surface area contributed by atoms with E-state index in [1.165, 1.54) is 11.7 Å². The summed E-state index contributed by atoms with van der Waals surface area (Å²) in [6, 6.07) is 0. The number of thioether (sulfide) groups is 1. The Morgan fingerprint density at radius 2 is 2.47 bits per heavy atom. The van der Waals surface area contributed by atoms with Gasteiger partial charge in [0.15, 0.2) is 5.16 Å². The van der Waals surface area contributed by atoms with Crippen molar-refractivity contribution in [3.05, 3.63) is 10.5 Å². The van der Waals surface area contributed by atoms with Gasteiger partial charge in [0.2, 0.25) is 5.91 Å². The Morgan fingerprint density at radius 1 is 1.76 bits per heavy atom. The third-order valence-electron chi connectivity index (χ3n) is 2.04. The summed E-state index contributed by atoms with van der Waals surface area (Å²) in [7, 11) is 1.48. The van der Waals surface area contributed by atoms with E-state index in [4.69, 9.17) is 10.6 Å². The summed E-state index contributed by atoms with van der Waals surface area (Å²) in [5.74, 6) is 4.69. The van der Waals surface area contributed by atoms with Crippen LogP contribution in [0.2, 0.25) is 0 Å². The van der Waals surface area contributed by atoms with Gasteiger partial charge in [-0.15, -0.1) is 5.10 Å². The summed E-state index contributed by atoms with van der Waals surface area (Å²) in [4.78, 5) is 22.8. The Morgan fingerprint density at radius 3 is 3.00 bits per heavy atom. The zero-order chi connectivity index (χ0) is 12.8. The standard InChI is InChI=1S/C8H15N5O3S/c1-3-13-7(15)11-12-8(13)17-5(4-16-2)6(14)10-9/h5H,3-4,9H2,1-2H3,(H,10,14)(H,11,15). The van der Waals surface area contributed by atoms with Gasteiger partial charge in [-0.3, -0.25) is 14.8 Å². The van der Waals surface area contributed by atoms with Crippen molar-refractivity contribution in [2.75, 3.05) is 13.7 Å². The van der Waals surface area contributed by atoms with E-state index in [-0.39, 0.29) is 18.2 Å². The smallest absolute Gasteiger partial charge is 0.343 e. The average molecular weight is 261 g/mol. The predicted molar refractivity (Wildman–Crippen MR) is 62.4 cm³/mol. The lowest BCUT2D eigenvalue weighted by molar-refractivity contribution is -0.121. The fraction of sp³-hybridized carbons (Fsp3) is 0.625. The van der Waals surface area contributed by atoms with Crippen molar-refractivity contribution in [1.29, 1.82) is 0 Å². The number of hydrogen-bond acceptors (Lipinski definition) is 6. The first kappa shape index (κ1) is 13.7. The number of aromatic nitrogens is 3. The number of H-pyrrole nitrogens is 1. The molecule has 8 nitrogen and oxygen atoms in total. The predicted octanol–water partition coefficient (Wildman–Crippen LogP) is -1.31. The van der Waals surface area contributed by atoms with Crippen LogP contribution in [0.5, 0.6) is 0 Å². The van der Waals surface area contributed by atoms with Gasteiger partial charge in [-0.05, 0) is 6.92 Å². The highest BCUT2D eigenvalue weighted by Gasteiger charge is 2.22. The lowest BCUT2D eigenvalue weighted by atomic mass is 10.4. The molecule has 4 N–H and O–H groups in total. The highest BCUT2D eigenvalue weighted by molar-refractivity contribution is 8.00. The van der Waals surface area contributed by atoms with E-state index >= 15 is 0 Å². The van der Waals surface area contributed by atoms with Crippen LogP contribution in [0.25, 0.3) is 0 Å². The van der Waals surface area contributed by atoms with Gasteiger partial charge in [-0.25, -0.2) is 15.7 Å². The van der Waals surface area contributed by atoms with Crippen molar-refractivity contribution < 1.29 is 9.53 Å². The molecular formula is C8H15N5O3S. The number of carbonyl (C=O) groups is 1. The minimum absolute atomic E-state index is 0.179. The summed E-state index contributed by atoms with van der Waals surface area (Å²) < 4.78 is 6.34. The van der Waals surface area contributed by atoms with E-state index in [0.717, 1.165) is 11.8 Å². The topological polar surface area (TPSA) is 115 Å². The normalized spacial score (nSPS) is 12.4. The van der Waals surface area contributed by atoms with Crippen LogP contribution in [0.4, 0.5) is 0 Å². The van der Waals surface area contributed by atoms with Gasteiger partial charge in [0.05, 0.1) is 6.61 Å². The molecule has 0 aliphatic heterocycles. The van der Waals surface area contributed by atoms with E-state index in [0.29, 0.717) is 11.7 Å². The minimum Gasteiger partial charge on any atom is -0.383 e. The molecule has 0 spiro atoms. The first-order chi connectivity index (χ1) is 8.13. The van der Waals surface area contributed by atoms with Crippen LogP contribution < -0.4 is 17.0 Å². The molecule has 96 valence electrons. The van der Waals surface area contributed by atoms with Gasteiger partial charge in [-0.1, -0.05) is 11.8 Å². The highest BCUT2D eigenvalue weighted by Crippen LogP contribution is 2.20. The average Bonchev–Trinajstić information content (AvgIpc) is 2.68. The molecule has 0 aromatic carbocycles. The lowest BCUT2D eigenvalue weighted by Gasteiger charge is -2.12. The van der Waals surface area contributed by atoms with Crippen LogP contribution in [0, 0.1) is 0 Å². The Bertz CT molecular complexity index is 429. The molecule has 0 radical (unpaired) electrons. The number of rotatable bonds is 6. The van der Waals surface area contributed by atoms with E-state index in [2.05, 4.69) is 10.2 Å². The largest absolute Gasteiger partial charge is 0.383 e. The molecular weight excluding hydrogens is 246 g/mol.